The van der Waals surface area contributed by atoms with Gasteiger partial charge in [-0.05, 0) is 6.92 Å². The monoisotopic (exact) mass is 271 g/mol. The summed E-state index contributed by atoms with van der Waals surface area (Å²) in [7, 11) is 0. The van der Waals surface area contributed by atoms with Crippen molar-refractivity contribution in [2.45, 2.75) is 20.3 Å². The zero-order chi connectivity index (χ0) is 13.2. The molecule has 0 saturated carbocycles. The molecule has 1 saturated heterocycles. The molecule has 0 amide bonds. The highest BCUT2D eigenvalue weighted by molar-refractivity contribution is 6.30. The van der Waals surface area contributed by atoms with Crippen molar-refractivity contribution in [1.29, 1.82) is 0 Å². The molecule has 0 unspecified atom stereocenters. The van der Waals surface area contributed by atoms with E-state index in [2.05, 4.69) is 15.3 Å². The smallest absolute Gasteiger partial charge is 0.137 e. The van der Waals surface area contributed by atoms with Crippen molar-refractivity contribution in [2.75, 3.05) is 31.7 Å². The summed E-state index contributed by atoms with van der Waals surface area (Å²) in [5.41, 5.74) is 0.651. The molecule has 0 radical (unpaired) electrons. The van der Waals surface area contributed by atoms with Crippen molar-refractivity contribution in [3.05, 3.63) is 16.5 Å². The third-order valence-corrected chi connectivity index (χ3v) is 3.60. The van der Waals surface area contributed by atoms with Crippen LogP contribution in [0.4, 0.5) is 5.82 Å². The number of aromatic nitrogens is 2. The number of aryl methyl sites for hydroxylation is 1. The summed E-state index contributed by atoms with van der Waals surface area (Å²) in [5.74, 6) is 1.46. The Morgan fingerprint density at radius 3 is 2.67 bits per heavy atom. The largest absolute Gasteiger partial charge is 0.396 e. The van der Waals surface area contributed by atoms with Gasteiger partial charge in [0, 0.05) is 18.5 Å². The summed E-state index contributed by atoms with van der Waals surface area (Å²) in [5, 5.41) is 13.1. The summed E-state index contributed by atoms with van der Waals surface area (Å²) < 4.78 is 5.16. The molecule has 1 aliphatic heterocycles. The van der Waals surface area contributed by atoms with Crippen LogP contribution in [0.3, 0.4) is 0 Å². The minimum Gasteiger partial charge on any atom is -0.396 e. The third kappa shape index (κ3) is 2.58. The van der Waals surface area contributed by atoms with E-state index < -0.39 is 0 Å². The number of aliphatic hydroxyl groups excluding tert-OH is 1. The van der Waals surface area contributed by atoms with Crippen LogP contribution in [0.2, 0.25) is 5.15 Å². The lowest BCUT2D eigenvalue weighted by Gasteiger charge is -2.40. The van der Waals surface area contributed by atoms with Crippen molar-refractivity contribution < 1.29 is 9.84 Å². The third-order valence-electron chi connectivity index (χ3n) is 3.23. The van der Waals surface area contributed by atoms with Gasteiger partial charge in [-0.25, -0.2) is 9.97 Å². The minimum absolute atomic E-state index is 0.110. The fourth-order valence-electron chi connectivity index (χ4n) is 1.77. The first kappa shape index (κ1) is 13.5. The van der Waals surface area contributed by atoms with Crippen LogP contribution < -0.4 is 5.32 Å². The molecule has 1 aromatic rings. The first-order valence-corrected chi connectivity index (χ1v) is 6.43. The second kappa shape index (κ2) is 5.38. The number of nitrogens with zero attached hydrogens (tertiary/aromatic N) is 2. The summed E-state index contributed by atoms with van der Waals surface area (Å²) in [4.78, 5) is 8.61. The Morgan fingerprint density at radius 1 is 1.44 bits per heavy atom. The minimum atomic E-state index is -0.184. The lowest BCUT2D eigenvalue weighted by molar-refractivity contribution is -0.128. The van der Waals surface area contributed by atoms with Gasteiger partial charge in [0.15, 0.2) is 0 Å². The standard InChI is InChI=1S/C12H18ClN3O2/c1-3-9-15-10(13)8(2)11(16-9)14-4-12(5-17)6-18-7-12/h17H,3-7H2,1-2H3,(H,14,15,16). The second-order valence-electron chi connectivity index (χ2n) is 4.76. The lowest BCUT2D eigenvalue weighted by atomic mass is 9.87. The molecule has 1 aliphatic rings. The van der Waals surface area contributed by atoms with Gasteiger partial charge >= 0.3 is 0 Å². The number of hydrogen-bond donors (Lipinski definition) is 2. The van der Waals surface area contributed by atoms with Crippen molar-refractivity contribution in [1.82, 2.24) is 9.97 Å². The molecule has 1 aromatic heterocycles. The highest BCUT2D eigenvalue weighted by Gasteiger charge is 2.38. The topological polar surface area (TPSA) is 67.3 Å². The van der Waals surface area contributed by atoms with E-state index in [4.69, 9.17) is 16.3 Å². The van der Waals surface area contributed by atoms with E-state index in [1.165, 1.54) is 0 Å². The van der Waals surface area contributed by atoms with E-state index in [-0.39, 0.29) is 12.0 Å². The quantitative estimate of drug-likeness (QED) is 0.793. The van der Waals surface area contributed by atoms with Crippen LogP contribution in [0.15, 0.2) is 0 Å². The Morgan fingerprint density at radius 2 is 2.17 bits per heavy atom. The maximum Gasteiger partial charge on any atom is 0.137 e. The zero-order valence-corrected chi connectivity index (χ0v) is 11.4. The summed E-state index contributed by atoms with van der Waals surface area (Å²) in [6.07, 6.45) is 0.739. The molecule has 6 heteroatoms. The van der Waals surface area contributed by atoms with Crippen LogP contribution in [0.5, 0.6) is 0 Å². The molecule has 0 atom stereocenters. The summed E-state index contributed by atoms with van der Waals surface area (Å²) in [6, 6.07) is 0. The van der Waals surface area contributed by atoms with Crippen molar-refractivity contribution >= 4 is 17.4 Å². The van der Waals surface area contributed by atoms with Gasteiger partial charge in [0.25, 0.3) is 0 Å². The Kier molecular flexibility index (Phi) is 4.04. The number of nitrogens with one attached hydrogen (secondary N) is 1. The Balaban J connectivity index is 2.11. The van der Waals surface area contributed by atoms with E-state index in [9.17, 15) is 5.11 Å². The van der Waals surface area contributed by atoms with Gasteiger partial charge in [0.2, 0.25) is 0 Å². The van der Waals surface area contributed by atoms with Crippen LogP contribution in [0, 0.1) is 12.3 Å². The van der Waals surface area contributed by atoms with Gasteiger partial charge in [-0.15, -0.1) is 0 Å². The van der Waals surface area contributed by atoms with E-state index in [0.29, 0.717) is 24.9 Å². The number of aliphatic hydroxyl groups is 1. The lowest BCUT2D eigenvalue weighted by Crippen LogP contribution is -2.50. The van der Waals surface area contributed by atoms with E-state index >= 15 is 0 Å². The molecule has 0 aromatic carbocycles. The van der Waals surface area contributed by atoms with Crippen molar-refractivity contribution in [2.24, 2.45) is 5.41 Å². The molecular formula is C12H18ClN3O2. The van der Waals surface area contributed by atoms with Gasteiger partial charge in [-0.1, -0.05) is 18.5 Å². The van der Waals surface area contributed by atoms with Gasteiger partial charge in [-0.2, -0.15) is 0 Å². The first-order valence-electron chi connectivity index (χ1n) is 6.06. The molecule has 100 valence electrons. The fraction of sp³-hybridized carbons (Fsp3) is 0.667. The molecule has 18 heavy (non-hydrogen) atoms. The molecule has 2 rings (SSSR count). The predicted octanol–water partition coefficient (Wildman–Crippen LogP) is 1.42. The molecule has 0 spiro atoms. The van der Waals surface area contributed by atoms with Crippen LogP contribution >= 0.6 is 11.6 Å². The van der Waals surface area contributed by atoms with Crippen LogP contribution in [0.25, 0.3) is 0 Å². The first-order chi connectivity index (χ1) is 8.60. The van der Waals surface area contributed by atoms with E-state index in [0.717, 1.165) is 23.6 Å². The molecule has 1 fully saturated rings. The number of ether oxygens (including phenoxy) is 1. The van der Waals surface area contributed by atoms with Gasteiger partial charge in [-0.3, -0.25) is 0 Å². The highest BCUT2D eigenvalue weighted by atomic mass is 35.5. The van der Waals surface area contributed by atoms with Crippen molar-refractivity contribution in [3.63, 3.8) is 0 Å². The normalized spacial score (nSPS) is 17.3. The number of anilines is 1. The molecule has 5 nitrogen and oxygen atoms in total. The number of halogens is 1. The summed E-state index contributed by atoms with van der Waals surface area (Å²) in [6.45, 7) is 5.76. The van der Waals surface area contributed by atoms with Gasteiger partial charge in [0.05, 0.1) is 25.2 Å². The maximum atomic E-state index is 9.36. The van der Waals surface area contributed by atoms with Crippen LogP contribution in [-0.4, -0.2) is 41.4 Å². The molecule has 2 N–H and O–H groups in total. The molecule has 2 heterocycles. The fourth-order valence-corrected chi connectivity index (χ4v) is 1.96. The Bertz CT molecular complexity index is 430. The molecule has 0 aliphatic carbocycles. The van der Waals surface area contributed by atoms with Crippen LogP contribution in [0.1, 0.15) is 18.3 Å². The molecule has 0 bridgehead atoms. The summed E-state index contributed by atoms with van der Waals surface area (Å²) >= 11 is 6.06. The predicted molar refractivity (Wildman–Crippen MR) is 70.0 cm³/mol. The Labute approximate surface area is 112 Å². The highest BCUT2D eigenvalue weighted by Crippen LogP contribution is 2.28. The second-order valence-corrected chi connectivity index (χ2v) is 5.12. The van der Waals surface area contributed by atoms with Gasteiger partial charge in [0.1, 0.15) is 16.8 Å². The number of rotatable bonds is 5. The SMILES string of the molecule is CCc1nc(Cl)c(C)c(NCC2(CO)COC2)n1. The molecular weight excluding hydrogens is 254 g/mol. The van der Waals surface area contributed by atoms with Crippen molar-refractivity contribution in [3.8, 4) is 0 Å². The maximum absolute atomic E-state index is 9.36. The van der Waals surface area contributed by atoms with E-state index in [1.807, 2.05) is 13.8 Å². The Hall–Kier alpha value is -0.910. The average Bonchev–Trinajstić information content (AvgIpc) is 2.33. The van der Waals surface area contributed by atoms with Gasteiger partial charge < -0.3 is 15.2 Å². The van der Waals surface area contributed by atoms with Crippen LogP contribution in [-0.2, 0) is 11.2 Å². The number of hydrogen-bond acceptors (Lipinski definition) is 5. The van der Waals surface area contributed by atoms with E-state index in [1.54, 1.807) is 0 Å². The zero-order valence-electron chi connectivity index (χ0n) is 10.7. The average molecular weight is 272 g/mol.